The third kappa shape index (κ3) is 5.36. The molecule has 124 valence electrons. The highest BCUT2D eigenvalue weighted by atomic mass is 79.9. The van der Waals surface area contributed by atoms with Gasteiger partial charge in [-0.05, 0) is 52.4 Å². The fraction of sp³-hybridized carbons (Fsp3) is 0.471. The summed E-state index contributed by atoms with van der Waals surface area (Å²) < 4.78 is 9.57. The molecular formula is C17H20BrNO4. The second kappa shape index (κ2) is 10.0. The van der Waals surface area contributed by atoms with Crippen molar-refractivity contribution in [1.82, 2.24) is 0 Å². The summed E-state index contributed by atoms with van der Waals surface area (Å²) in [5, 5.41) is 9.09. The van der Waals surface area contributed by atoms with Crippen LogP contribution < -0.4 is 0 Å². The highest BCUT2D eigenvalue weighted by molar-refractivity contribution is 9.10. The molecule has 0 heterocycles. The smallest absolute Gasteiger partial charge is 0.309 e. The van der Waals surface area contributed by atoms with Crippen molar-refractivity contribution >= 4 is 28.4 Å². The van der Waals surface area contributed by atoms with Gasteiger partial charge in [-0.25, -0.2) is 0 Å². The number of ether oxygens (including phenoxy) is 2. The van der Waals surface area contributed by atoms with Gasteiger partial charge in [-0.3, -0.25) is 9.59 Å². The Hall–Kier alpha value is -1.87. The van der Waals surface area contributed by atoms with Gasteiger partial charge in [0.1, 0.15) is 6.07 Å². The quantitative estimate of drug-likeness (QED) is 0.590. The largest absolute Gasteiger partial charge is 0.471 e. The molecule has 1 saturated carbocycles. The first-order valence-corrected chi connectivity index (χ1v) is 8.12. The van der Waals surface area contributed by atoms with Gasteiger partial charge in [-0.15, -0.1) is 0 Å². The summed E-state index contributed by atoms with van der Waals surface area (Å²) in [6.45, 7) is 0.375. The highest BCUT2D eigenvalue weighted by Gasteiger charge is 2.32. The summed E-state index contributed by atoms with van der Waals surface area (Å²) >= 11 is 3.36. The zero-order chi connectivity index (χ0) is 17.2. The van der Waals surface area contributed by atoms with E-state index in [-0.39, 0.29) is 17.8 Å². The topological polar surface area (TPSA) is 76.4 Å². The zero-order valence-electron chi connectivity index (χ0n) is 13.3. The lowest BCUT2D eigenvalue weighted by Gasteiger charge is -2.30. The van der Waals surface area contributed by atoms with Crippen molar-refractivity contribution < 1.29 is 19.1 Å². The molecule has 0 aromatic heterocycles. The Kier molecular flexibility index (Phi) is 8.35. The molecule has 0 radical (unpaired) electrons. The molecule has 2 unspecified atom stereocenters. The minimum Gasteiger partial charge on any atom is -0.471 e. The van der Waals surface area contributed by atoms with Crippen LogP contribution >= 0.6 is 15.9 Å². The Bertz CT molecular complexity index is 582. The Morgan fingerprint density at radius 3 is 2.57 bits per heavy atom. The van der Waals surface area contributed by atoms with Gasteiger partial charge in [0.15, 0.2) is 0 Å². The predicted octanol–water partition coefficient (Wildman–Crippen LogP) is 3.56. The Morgan fingerprint density at radius 2 is 2.00 bits per heavy atom. The number of benzene rings is 1. The van der Waals surface area contributed by atoms with Crippen LogP contribution in [0.4, 0.5) is 0 Å². The number of esters is 1. The molecule has 1 aliphatic carbocycles. The van der Waals surface area contributed by atoms with Crippen molar-refractivity contribution in [2.45, 2.75) is 31.6 Å². The molecule has 0 aliphatic heterocycles. The second-order valence-corrected chi connectivity index (χ2v) is 6.06. The minimum absolute atomic E-state index is 0.0773. The van der Waals surface area contributed by atoms with Crippen LogP contribution in [0.5, 0.6) is 0 Å². The van der Waals surface area contributed by atoms with Crippen LogP contribution in [-0.4, -0.2) is 26.7 Å². The van der Waals surface area contributed by atoms with Crippen LogP contribution in [0.2, 0.25) is 0 Å². The molecule has 1 fully saturated rings. The van der Waals surface area contributed by atoms with Gasteiger partial charge < -0.3 is 9.47 Å². The summed E-state index contributed by atoms with van der Waals surface area (Å²) in [7, 11) is 2.75. The number of nitriles is 1. The number of hydrogen-bond donors (Lipinski definition) is 0. The molecule has 2 atom stereocenters. The van der Waals surface area contributed by atoms with Gasteiger partial charge in [0.05, 0.1) is 25.7 Å². The number of rotatable bonds is 3. The van der Waals surface area contributed by atoms with E-state index in [0.717, 1.165) is 35.7 Å². The summed E-state index contributed by atoms with van der Waals surface area (Å²) in [6.07, 6.45) is 4.04. The molecule has 1 aromatic rings. The van der Waals surface area contributed by atoms with Gasteiger partial charge in [0.25, 0.3) is 6.47 Å². The van der Waals surface area contributed by atoms with Crippen molar-refractivity contribution in [3.05, 3.63) is 33.8 Å². The Balaban J connectivity index is 0.000000593. The molecule has 6 heteroatoms. The third-order valence-corrected chi connectivity index (χ3v) is 4.60. The molecular weight excluding hydrogens is 362 g/mol. The highest BCUT2D eigenvalue weighted by Crippen LogP contribution is 2.39. The van der Waals surface area contributed by atoms with E-state index in [1.807, 2.05) is 18.2 Å². The lowest BCUT2D eigenvalue weighted by molar-refractivity contribution is -0.147. The Morgan fingerprint density at radius 1 is 1.35 bits per heavy atom. The number of carbonyl (C=O) groups excluding carboxylic acids is 2. The standard InChI is InChI=1S/C15H16BrNO2.C2H4O2/c1-19-15(18)13-5-3-2-4-12(13)10-6-7-14(16)11(8-10)9-17;1-4-2-3/h6-8,12-13H,2-5H2,1H3;2H,1H3. The van der Waals surface area contributed by atoms with Gasteiger partial charge >= 0.3 is 5.97 Å². The SMILES string of the molecule is COC(=O)C1CCCCC1c1ccc(Br)c(C#N)c1.COC=O. The van der Waals surface area contributed by atoms with Crippen LogP contribution in [-0.2, 0) is 19.1 Å². The molecule has 1 aromatic carbocycles. The molecule has 0 spiro atoms. The van der Waals surface area contributed by atoms with E-state index in [9.17, 15) is 4.79 Å². The van der Waals surface area contributed by atoms with Crippen molar-refractivity contribution in [2.75, 3.05) is 14.2 Å². The molecule has 0 saturated heterocycles. The number of carbonyl (C=O) groups is 2. The molecule has 0 amide bonds. The van der Waals surface area contributed by atoms with E-state index in [1.165, 1.54) is 14.2 Å². The zero-order valence-corrected chi connectivity index (χ0v) is 14.8. The van der Waals surface area contributed by atoms with Crippen molar-refractivity contribution in [1.29, 1.82) is 5.26 Å². The summed E-state index contributed by atoms with van der Waals surface area (Å²) in [5.41, 5.74) is 1.68. The number of nitrogens with zero attached hydrogens (tertiary/aromatic N) is 1. The van der Waals surface area contributed by atoms with Gasteiger partial charge in [0.2, 0.25) is 0 Å². The number of hydrogen-bond acceptors (Lipinski definition) is 5. The van der Waals surface area contributed by atoms with Gasteiger partial charge in [-0.1, -0.05) is 18.9 Å². The molecule has 0 bridgehead atoms. The summed E-state index contributed by atoms with van der Waals surface area (Å²) in [4.78, 5) is 20.8. The molecule has 0 N–H and O–H groups in total. The first-order chi connectivity index (χ1) is 11.1. The fourth-order valence-corrected chi connectivity index (χ4v) is 3.16. The van der Waals surface area contributed by atoms with Crippen molar-refractivity contribution in [3.63, 3.8) is 0 Å². The number of halogens is 1. The number of methoxy groups -OCH3 is 2. The van der Waals surface area contributed by atoms with Gasteiger partial charge in [0, 0.05) is 4.47 Å². The van der Waals surface area contributed by atoms with Crippen LogP contribution in [0.25, 0.3) is 0 Å². The third-order valence-electron chi connectivity index (χ3n) is 3.91. The van der Waals surface area contributed by atoms with Crippen LogP contribution in [0.3, 0.4) is 0 Å². The second-order valence-electron chi connectivity index (χ2n) is 5.20. The van der Waals surface area contributed by atoms with Crippen LogP contribution in [0, 0.1) is 17.2 Å². The lowest BCUT2D eigenvalue weighted by Crippen LogP contribution is -2.26. The average molecular weight is 382 g/mol. The minimum atomic E-state index is -0.133. The first kappa shape index (κ1) is 19.2. The maximum Gasteiger partial charge on any atom is 0.309 e. The fourth-order valence-electron chi connectivity index (χ4n) is 2.82. The van der Waals surface area contributed by atoms with Crippen molar-refractivity contribution in [2.24, 2.45) is 5.92 Å². The van der Waals surface area contributed by atoms with Crippen molar-refractivity contribution in [3.8, 4) is 6.07 Å². The van der Waals surface area contributed by atoms with Crippen LogP contribution in [0.15, 0.2) is 22.7 Å². The van der Waals surface area contributed by atoms with E-state index in [0.29, 0.717) is 12.0 Å². The summed E-state index contributed by atoms with van der Waals surface area (Å²) in [5.74, 6) is -0.0426. The first-order valence-electron chi connectivity index (χ1n) is 7.32. The predicted molar refractivity (Wildman–Crippen MR) is 88.6 cm³/mol. The lowest BCUT2D eigenvalue weighted by atomic mass is 9.75. The maximum absolute atomic E-state index is 11.9. The van der Waals surface area contributed by atoms with E-state index < -0.39 is 0 Å². The Labute approximate surface area is 144 Å². The monoisotopic (exact) mass is 381 g/mol. The normalized spacial score (nSPS) is 19.6. The molecule has 23 heavy (non-hydrogen) atoms. The molecule has 2 rings (SSSR count). The van der Waals surface area contributed by atoms with Crippen LogP contribution in [0.1, 0.15) is 42.7 Å². The molecule has 1 aliphatic rings. The average Bonchev–Trinajstić information content (AvgIpc) is 2.61. The van der Waals surface area contributed by atoms with E-state index in [1.54, 1.807) is 0 Å². The van der Waals surface area contributed by atoms with E-state index in [2.05, 4.69) is 26.7 Å². The van der Waals surface area contributed by atoms with E-state index >= 15 is 0 Å². The van der Waals surface area contributed by atoms with Gasteiger partial charge in [-0.2, -0.15) is 5.26 Å². The molecule has 5 nitrogen and oxygen atoms in total. The summed E-state index contributed by atoms with van der Waals surface area (Å²) in [6, 6.07) is 7.94. The maximum atomic E-state index is 11.9. The van der Waals surface area contributed by atoms with E-state index in [4.69, 9.17) is 14.8 Å².